The number of carbonyl (C=O) groups excluding carboxylic acids is 2. The third kappa shape index (κ3) is 4.50. The number of aryl methyl sites for hydroxylation is 3. The van der Waals surface area contributed by atoms with Crippen molar-refractivity contribution in [2.75, 3.05) is 11.9 Å². The predicted molar refractivity (Wildman–Crippen MR) is 137 cm³/mol. The van der Waals surface area contributed by atoms with Gasteiger partial charge in [0.2, 0.25) is 5.91 Å². The largest absolute Gasteiger partial charge is 0.464 e. The average molecular weight is 473 g/mol. The standard InChI is InChI=1S/C28H28N2O3S/c1-17-13-18(2)25-20(16-33-22(25)14-17)15-24(31)30-28-26(21-9-6-10-23(21)34-28)27(32)29-12-11-19-7-4-3-5-8-19/h3-5,7-8,13-14,16H,6,9-12,15H2,1-2H3,(H,29,32)(H,30,31). The zero-order valence-electron chi connectivity index (χ0n) is 19.5. The minimum absolute atomic E-state index is 0.106. The summed E-state index contributed by atoms with van der Waals surface area (Å²) in [5.41, 5.74) is 6.81. The molecule has 0 saturated carbocycles. The summed E-state index contributed by atoms with van der Waals surface area (Å²) in [7, 11) is 0. The number of thiophene rings is 1. The van der Waals surface area contributed by atoms with Gasteiger partial charge in [0, 0.05) is 22.4 Å². The SMILES string of the molecule is Cc1cc(C)c2c(CC(=O)Nc3sc4c(c3C(=O)NCCc3ccccc3)CCC4)coc2c1. The monoisotopic (exact) mass is 472 g/mol. The highest BCUT2D eigenvalue weighted by Gasteiger charge is 2.27. The van der Waals surface area contributed by atoms with Crippen molar-refractivity contribution in [1.29, 1.82) is 0 Å². The van der Waals surface area contributed by atoms with Gasteiger partial charge in [0.25, 0.3) is 5.91 Å². The maximum absolute atomic E-state index is 13.2. The number of hydrogen-bond donors (Lipinski definition) is 2. The molecule has 0 radical (unpaired) electrons. The molecular weight excluding hydrogens is 444 g/mol. The van der Waals surface area contributed by atoms with Gasteiger partial charge in [-0.3, -0.25) is 9.59 Å². The lowest BCUT2D eigenvalue weighted by Gasteiger charge is -2.10. The van der Waals surface area contributed by atoms with Gasteiger partial charge in [0.1, 0.15) is 10.6 Å². The zero-order valence-corrected chi connectivity index (χ0v) is 20.3. The molecule has 0 spiro atoms. The first-order valence-electron chi connectivity index (χ1n) is 11.7. The van der Waals surface area contributed by atoms with Crippen molar-refractivity contribution in [2.24, 2.45) is 0 Å². The van der Waals surface area contributed by atoms with Gasteiger partial charge in [0.15, 0.2) is 0 Å². The van der Waals surface area contributed by atoms with E-state index in [0.29, 0.717) is 17.1 Å². The van der Waals surface area contributed by atoms with Crippen LogP contribution < -0.4 is 10.6 Å². The Morgan fingerprint density at radius 3 is 2.74 bits per heavy atom. The molecule has 1 aliphatic carbocycles. The van der Waals surface area contributed by atoms with E-state index in [9.17, 15) is 9.59 Å². The Morgan fingerprint density at radius 1 is 1.09 bits per heavy atom. The van der Waals surface area contributed by atoms with E-state index >= 15 is 0 Å². The second-order valence-electron chi connectivity index (χ2n) is 8.99. The molecule has 2 aromatic carbocycles. The molecule has 0 fully saturated rings. The molecule has 0 atom stereocenters. The molecule has 6 heteroatoms. The zero-order chi connectivity index (χ0) is 23.7. The van der Waals surface area contributed by atoms with Crippen LogP contribution in [0.2, 0.25) is 0 Å². The Bertz CT molecular complexity index is 1370. The summed E-state index contributed by atoms with van der Waals surface area (Å²) in [4.78, 5) is 27.4. The van der Waals surface area contributed by atoms with E-state index in [0.717, 1.165) is 58.9 Å². The smallest absolute Gasteiger partial charge is 0.254 e. The molecule has 1 aliphatic rings. The predicted octanol–water partition coefficient (Wildman–Crippen LogP) is 5.75. The quantitative estimate of drug-likeness (QED) is 0.360. The summed E-state index contributed by atoms with van der Waals surface area (Å²) in [6, 6.07) is 14.2. The van der Waals surface area contributed by atoms with E-state index in [1.807, 2.05) is 38.1 Å². The lowest BCUT2D eigenvalue weighted by molar-refractivity contribution is -0.115. The maximum Gasteiger partial charge on any atom is 0.254 e. The number of benzene rings is 2. The van der Waals surface area contributed by atoms with Gasteiger partial charge >= 0.3 is 0 Å². The molecule has 0 aliphatic heterocycles. The number of fused-ring (bicyclic) bond motifs is 2. The average Bonchev–Trinajstić information content (AvgIpc) is 3.49. The van der Waals surface area contributed by atoms with E-state index in [2.05, 4.69) is 28.8 Å². The maximum atomic E-state index is 13.2. The van der Waals surface area contributed by atoms with Crippen molar-refractivity contribution in [3.8, 4) is 0 Å². The van der Waals surface area contributed by atoms with Crippen molar-refractivity contribution in [3.05, 3.63) is 87.0 Å². The number of hydrogen-bond acceptors (Lipinski definition) is 4. The Kier molecular flexibility index (Phi) is 6.24. The number of nitrogens with one attached hydrogen (secondary N) is 2. The second kappa shape index (κ2) is 9.47. The Morgan fingerprint density at radius 2 is 1.91 bits per heavy atom. The normalized spacial score (nSPS) is 12.6. The van der Waals surface area contributed by atoms with Crippen LogP contribution in [0.5, 0.6) is 0 Å². The molecule has 2 N–H and O–H groups in total. The van der Waals surface area contributed by atoms with Crippen LogP contribution in [0.15, 0.2) is 53.1 Å². The lowest BCUT2D eigenvalue weighted by atomic mass is 10.0. The number of furan rings is 1. The van der Waals surface area contributed by atoms with Crippen LogP contribution in [0, 0.1) is 13.8 Å². The topological polar surface area (TPSA) is 71.3 Å². The molecular formula is C28H28N2O3S. The van der Waals surface area contributed by atoms with Crippen LogP contribution in [0.3, 0.4) is 0 Å². The van der Waals surface area contributed by atoms with Crippen LogP contribution in [-0.4, -0.2) is 18.4 Å². The molecule has 4 aromatic rings. The molecule has 0 unspecified atom stereocenters. The first-order chi connectivity index (χ1) is 16.5. The highest BCUT2D eigenvalue weighted by atomic mass is 32.1. The van der Waals surface area contributed by atoms with Crippen LogP contribution >= 0.6 is 11.3 Å². The van der Waals surface area contributed by atoms with Crippen LogP contribution in [-0.2, 0) is 30.5 Å². The highest BCUT2D eigenvalue weighted by Crippen LogP contribution is 2.39. The van der Waals surface area contributed by atoms with Gasteiger partial charge in [-0.05, 0) is 67.9 Å². The Hall–Kier alpha value is -3.38. The van der Waals surface area contributed by atoms with Crippen molar-refractivity contribution >= 4 is 39.1 Å². The molecule has 174 valence electrons. The third-order valence-electron chi connectivity index (χ3n) is 6.39. The third-order valence-corrected chi connectivity index (χ3v) is 7.59. The first-order valence-corrected chi connectivity index (χ1v) is 12.5. The number of anilines is 1. The van der Waals surface area contributed by atoms with E-state index in [1.165, 1.54) is 10.4 Å². The minimum atomic E-state index is -0.138. The fourth-order valence-electron chi connectivity index (χ4n) is 4.89. The molecule has 5 rings (SSSR count). The van der Waals surface area contributed by atoms with Crippen molar-refractivity contribution < 1.29 is 14.0 Å². The summed E-state index contributed by atoms with van der Waals surface area (Å²) < 4.78 is 5.71. The van der Waals surface area contributed by atoms with Crippen molar-refractivity contribution in [2.45, 2.75) is 46.0 Å². The van der Waals surface area contributed by atoms with E-state index in [4.69, 9.17) is 4.42 Å². The molecule has 0 bridgehead atoms. The van der Waals surface area contributed by atoms with E-state index < -0.39 is 0 Å². The summed E-state index contributed by atoms with van der Waals surface area (Å²) >= 11 is 1.54. The molecule has 5 nitrogen and oxygen atoms in total. The second-order valence-corrected chi connectivity index (χ2v) is 10.1. The molecule has 2 heterocycles. The van der Waals surface area contributed by atoms with Crippen LogP contribution in [0.4, 0.5) is 5.00 Å². The lowest BCUT2D eigenvalue weighted by Crippen LogP contribution is -2.27. The van der Waals surface area contributed by atoms with Gasteiger partial charge in [-0.15, -0.1) is 11.3 Å². The summed E-state index contributed by atoms with van der Waals surface area (Å²) in [5, 5.41) is 7.75. The summed E-state index contributed by atoms with van der Waals surface area (Å²) in [6.45, 7) is 4.62. The number of amides is 2. The van der Waals surface area contributed by atoms with Gasteiger partial charge in [-0.1, -0.05) is 36.4 Å². The Labute approximate surface area is 203 Å². The van der Waals surface area contributed by atoms with Crippen molar-refractivity contribution in [3.63, 3.8) is 0 Å². The van der Waals surface area contributed by atoms with Gasteiger partial charge in [-0.25, -0.2) is 0 Å². The molecule has 2 amide bonds. The van der Waals surface area contributed by atoms with E-state index in [-0.39, 0.29) is 18.2 Å². The van der Waals surface area contributed by atoms with Crippen molar-refractivity contribution in [1.82, 2.24) is 5.32 Å². The minimum Gasteiger partial charge on any atom is -0.464 e. The van der Waals surface area contributed by atoms with E-state index in [1.54, 1.807) is 17.6 Å². The number of rotatable bonds is 7. The highest BCUT2D eigenvalue weighted by molar-refractivity contribution is 7.17. The van der Waals surface area contributed by atoms with Gasteiger partial charge in [-0.2, -0.15) is 0 Å². The first kappa shape index (κ1) is 22.4. The summed E-state index contributed by atoms with van der Waals surface area (Å²) in [6.07, 6.45) is 5.54. The molecule has 2 aromatic heterocycles. The number of carbonyl (C=O) groups is 2. The molecule has 0 saturated heterocycles. The molecule has 34 heavy (non-hydrogen) atoms. The van der Waals surface area contributed by atoms with Gasteiger partial charge < -0.3 is 15.1 Å². The summed E-state index contributed by atoms with van der Waals surface area (Å²) in [5.74, 6) is -0.244. The fraction of sp³-hybridized carbons (Fsp3) is 0.286. The van der Waals surface area contributed by atoms with Crippen LogP contribution in [0.1, 0.15) is 49.5 Å². The van der Waals surface area contributed by atoms with Crippen LogP contribution in [0.25, 0.3) is 11.0 Å². The Balaban J connectivity index is 1.31. The fourth-order valence-corrected chi connectivity index (χ4v) is 6.19. The van der Waals surface area contributed by atoms with Gasteiger partial charge in [0.05, 0.1) is 18.2 Å².